The quantitative estimate of drug-likeness (QED) is 0.479. The fourth-order valence-corrected chi connectivity index (χ4v) is 3.63. The largest absolute Gasteiger partial charge is 0.493 e. The summed E-state index contributed by atoms with van der Waals surface area (Å²) in [5.74, 6) is 1.29. The van der Waals surface area contributed by atoms with Crippen molar-refractivity contribution in [2.45, 2.75) is 13.3 Å². The van der Waals surface area contributed by atoms with Crippen molar-refractivity contribution in [3.8, 4) is 16.3 Å². The minimum Gasteiger partial charge on any atom is -0.493 e. The Morgan fingerprint density at radius 2 is 2.15 bits per heavy atom. The van der Waals surface area contributed by atoms with Gasteiger partial charge in [0.15, 0.2) is 0 Å². The van der Waals surface area contributed by atoms with Crippen molar-refractivity contribution in [2.24, 2.45) is 0 Å². The van der Waals surface area contributed by atoms with Gasteiger partial charge in [0, 0.05) is 35.5 Å². The van der Waals surface area contributed by atoms with Gasteiger partial charge in [0.2, 0.25) is 0 Å². The van der Waals surface area contributed by atoms with E-state index < -0.39 is 0 Å². The van der Waals surface area contributed by atoms with E-state index in [0.29, 0.717) is 36.5 Å². The number of thiophene rings is 1. The molecule has 0 fully saturated rings. The molecule has 0 aliphatic heterocycles. The van der Waals surface area contributed by atoms with Gasteiger partial charge in [0.1, 0.15) is 29.3 Å². The average Bonchev–Trinajstić information content (AvgIpc) is 3.32. The summed E-state index contributed by atoms with van der Waals surface area (Å²) in [6.45, 7) is 3.15. The third-order valence-corrected chi connectivity index (χ3v) is 5.06. The molecule has 4 rings (SSSR count). The minimum atomic E-state index is -0.260. The van der Waals surface area contributed by atoms with Crippen molar-refractivity contribution < 1.29 is 13.5 Å². The van der Waals surface area contributed by atoms with E-state index in [0.717, 1.165) is 21.7 Å². The average molecular weight is 383 g/mol. The standard InChI is InChI=1S/C20H18FN3O2S/c1-2-25-15-8-19(27-11-15)17-10-20(24-12-23-17)22-5-3-13-7-14-4-6-26-18(14)9-16(13)21/h4,6-12H,2-3,5H2,1H3,(H,22,23,24). The van der Waals surface area contributed by atoms with Gasteiger partial charge in [-0.15, -0.1) is 11.3 Å². The topological polar surface area (TPSA) is 60.2 Å². The molecule has 7 heteroatoms. The first kappa shape index (κ1) is 17.5. The number of ether oxygens (including phenoxy) is 1. The van der Waals surface area contributed by atoms with Gasteiger partial charge >= 0.3 is 0 Å². The van der Waals surface area contributed by atoms with Crippen LogP contribution in [0.5, 0.6) is 5.75 Å². The van der Waals surface area contributed by atoms with E-state index in [4.69, 9.17) is 9.15 Å². The summed E-state index contributed by atoms with van der Waals surface area (Å²) in [6.07, 6.45) is 3.63. The van der Waals surface area contributed by atoms with Gasteiger partial charge in [-0.25, -0.2) is 14.4 Å². The van der Waals surface area contributed by atoms with Crippen LogP contribution in [0.25, 0.3) is 21.5 Å². The number of hydrogen-bond donors (Lipinski definition) is 1. The van der Waals surface area contributed by atoms with E-state index in [1.54, 1.807) is 17.6 Å². The summed E-state index contributed by atoms with van der Waals surface area (Å²) >= 11 is 1.57. The number of hydrogen-bond acceptors (Lipinski definition) is 6. The SMILES string of the molecule is CCOc1csc(-c2cc(NCCc3cc4ccoc4cc3F)ncn2)c1. The lowest BCUT2D eigenvalue weighted by Crippen LogP contribution is -2.07. The number of halogens is 1. The molecule has 138 valence electrons. The first-order valence-electron chi connectivity index (χ1n) is 8.66. The predicted octanol–water partition coefficient (Wildman–Crippen LogP) is 5.14. The molecule has 4 aromatic rings. The highest BCUT2D eigenvalue weighted by atomic mass is 32.1. The van der Waals surface area contributed by atoms with E-state index in [1.807, 2.05) is 36.6 Å². The zero-order chi connectivity index (χ0) is 18.6. The Labute approximate surface area is 159 Å². The van der Waals surface area contributed by atoms with Crippen LogP contribution >= 0.6 is 11.3 Å². The highest BCUT2D eigenvalue weighted by Gasteiger charge is 2.08. The summed E-state index contributed by atoms with van der Waals surface area (Å²) in [6, 6.07) is 8.94. The first-order chi connectivity index (χ1) is 13.2. The monoisotopic (exact) mass is 383 g/mol. The molecule has 0 amide bonds. The third kappa shape index (κ3) is 3.93. The van der Waals surface area contributed by atoms with E-state index in [9.17, 15) is 4.39 Å². The molecular formula is C20H18FN3O2S. The summed E-state index contributed by atoms with van der Waals surface area (Å²) in [5.41, 5.74) is 2.03. The van der Waals surface area contributed by atoms with Crippen molar-refractivity contribution in [2.75, 3.05) is 18.5 Å². The maximum Gasteiger partial charge on any atom is 0.136 e. The van der Waals surface area contributed by atoms with Crippen molar-refractivity contribution >= 4 is 28.1 Å². The fourth-order valence-electron chi connectivity index (χ4n) is 2.83. The summed E-state index contributed by atoms with van der Waals surface area (Å²) in [4.78, 5) is 9.58. The Balaban J connectivity index is 1.42. The molecule has 0 atom stereocenters. The number of anilines is 1. The molecule has 1 N–H and O–H groups in total. The molecule has 0 saturated carbocycles. The number of furan rings is 1. The molecule has 0 radical (unpaired) electrons. The van der Waals surface area contributed by atoms with E-state index >= 15 is 0 Å². The molecule has 0 aliphatic rings. The molecular weight excluding hydrogens is 365 g/mol. The Kier molecular flexibility index (Phi) is 5.02. The zero-order valence-corrected chi connectivity index (χ0v) is 15.6. The van der Waals surface area contributed by atoms with Gasteiger partial charge in [0.05, 0.1) is 23.4 Å². The van der Waals surface area contributed by atoms with Crippen LogP contribution in [0.2, 0.25) is 0 Å². The molecule has 3 aromatic heterocycles. The van der Waals surface area contributed by atoms with Gasteiger partial charge < -0.3 is 14.5 Å². The lowest BCUT2D eigenvalue weighted by molar-refractivity contribution is 0.342. The van der Waals surface area contributed by atoms with Crippen LogP contribution in [-0.4, -0.2) is 23.1 Å². The van der Waals surface area contributed by atoms with Crippen molar-refractivity contribution in [1.29, 1.82) is 0 Å². The third-order valence-electron chi connectivity index (χ3n) is 4.13. The molecule has 0 saturated heterocycles. The van der Waals surface area contributed by atoms with Gasteiger partial charge in [-0.1, -0.05) is 0 Å². The van der Waals surface area contributed by atoms with Crippen LogP contribution in [0.3, 0.4) is 0 Å². The first-order valence-corrected chi connectivity index (χ1v) is 9.54. The second-order valence-corrected chi connectivity index (χ2v) is 6.86. The highest BCUT2D eigenvalue weighted by molar-refractivity contribution is 7.13. The Bertz CT molecular complexity index is 1060. The Morgan fingerprint density at radius 3 is 3.04 bits per heavy atom. The van der Waals surface area contributed by atoms with Crippen LogP contribution in [-0.2, 0) is 6.42 Å². The van der Waals surface area contributed by atoms with Crippen LogP contribution in [0.4, 0.5) is 10.2 Å². The maximum absolute atomic E-state index is 14.1. The predicted molar refractivity (Wildman–Crippen MR) is 105 cm³/mol. The smallest absolute Gasteiger partial charge is 0.136 e. The van der Waals surface area contributed by atoms with E-state index in [1.165, 1.54) is 12.4 Å². The summed E-state index contributed by atoms with van der Waals surface area (Å²) in [5, 5.41) is 6.10. The second-order valence-electron chi connectivity index (χ2n) is 5.95. The highest BCUT2D eigenvalue weighted by Crippen LogP contribution is 2.30. The lowest BCUT2D eigenvalue weighted by Gasteiger charge is -2.07. The van der Waals surface area contributed by atoms with Crippen LogP contribution in [0, 0.1) is 5.82 Å². The lowest BCUT2D eigenvalue weighted by atomic mass is 10.1. The van der Waals surface area contributed by atoms with E-state index in [2.05, 4.69) is 15.3 Å². The van der Waals surface area contributed by atoms with Gasteiger partial charge in [0.25, 0.3) is 0 Å². The normalized spacial score (nSPS) is 11.0. The van der Waals surface area contributed by atoms with Crippen molar-refractivity contribution in [1.82, 2.24) is 9.97 Å². The fraction of sp³-hybridized carbons (Fsp3) is 0.200. The van der Waals surface area contributed by atoms with Crippen molar-refractivity contribution in [3.05, 3.63) is 59.7 Å². The van der Waals surface area contributed by atoms with Gasteiger partial charge in [-0.05, 0) is 31.0 Å². The Morgan fingerprint density at radius 1 is 1.22 bits per heavy atom. The summed E-state index contributed by atoms with van der Waals surface area (Å²) < 4.78 is 24.9. The van der Waals surface area contributed by atoms with Crippen LogP contribution < -0.4 is 10.1 Å². The number of benzene rings is 1. The molecule has 0 aliphatic carbocycles. The molecule has 3 heterocycles. The Hall–Kier alpha value is -2.93. The molecule has 5 nitrogen and oxygen atoms in total. The minimum absolute atomic E-state index is 0.260. The summed E-state index contributed by atoms with van der Waals surface area (Å²) in [7, 11) is 0. The van der Waals surface area contributed by atoms with Crippen molar-refractivity contribution in [3.63, 3.8) is 0 Å². The molecule has 27 heavy (non-hydrogen) atoms. The maximum atomic E-state index is 14.1. The molecule has 0 unspecified atom stereocenters. The zero-order valence-electron chi connectivity index (χ0n) is 14.7. The van der Waals surface area contributed by atoms with Gasteiger partial charge in [-0.2, -0.15) is 0 Å². The number of aromatic nitrogens is 2. The number of nitrogens with zero attached hydrogens (tertiary/aromatic N) is 2. The van der Waals surface area contributed by atoms with Gasteiger partial charge in [-0.3, -0.25) is 0 Å². The van der Waals surface area contributed by atoms with Crippen LogP contribution in [0.15, 0.2) is 52.7 Å². The number of nitrogens with one attached hydrogen (secondary N) is 1. The van der Waals surface area contributed by atoms with Crippen LogP contribution in [0.1, 0.15) is 12.5 Å². The molecule has 0 bridgehead atoms. The number of rotatable bonds is 7. The second kappa shape index (κ2) is 7.75. The molecule has 0 spiro atoms. The van der Waals surface area contributed by atoms with E-state index in [-0.39, 0.29) is 5.82 Å². The number of fused-ring (bicyclic) bond motifs is 1. The molecule has 1 aromatic carbocycles.